The third-order valence-corrected chi connectivity index (χ3v) is 17.3. The molecular weight excluding hydrogens is 1460 g/mol. The van der Waals surface area contributed by atoms with E-state index in [2.05, 4.69) is 86.3 Å². The van der Waals surface area contributed by atoms with Crippen LogP contribution in [0, 0.1) is 38.2 Å². The van der Waals surface area contributed by atoms with Gasteiger partial charge < -0.3 is 76.1 Å². The number of ether oxygens (including phenoxy) is 3. The molecule has 6 aromatic heterocycles. The fourth-order valence-electron chi connectivity index (χ4n) is 9.58. The van der Waals surface area contributed by atoms with Crippen molar-refractivity contribution in [1.29, 1.82) is 0 Å². The molecule has 6 heterocycles. The molecule has 0 saturated heterocycles. The summed E-state index contributed by atoms with van der Waals surface area (Å²) in [7, 11) is 0. The van der Waals surface area contributed by atoms with Gasteiger partial charge >= 0.3 is 0 Å². The Balaban J connectivity index is 0.000000196. The van der Waals surface area contributed by atoms with E-state index < -0.39 is 366 Å². The van der Waals surface area contributed by atoms with Crippen molar-refractivity contribution < 1.29 is 141 Å². The first kappa shape index (κ1) is 38.4. The second-order valence-electron chi connectivity index (χ2n) is 22.2. The molecule has 36 heteroatoms. The smallest absolute Gasteiger partial charge is 0.191 e. The molecule has 108 heavy (non-hydrogen) atoms. The maximum atomic E-state index is 15.0. The van der Waals surface area contributed by atoms with Gasteiger partial charge in [0, 0.05) is 101 Å². The van der Waals surface area contributed by atoms with Gasteiger partial charge in [0.25, 0.3) is 0 Å². The van der Waals surface area contributed by atoms with Gasteiger partial charge in [0.05, 0.1) is 114 Å². The first-order valence-corrected chi connectivity index (χ1v) is 33.9. The van der Waals surface area contributed by atoms with Crippen molar-refractivity contribution in [1.82, 2.24) is 74.9 Å². The molecule has 30 nitrogen and oxygen atoms in total. The fourth-order valence-corrected chi connectivity index (χ4v) is 11.2. The van der Waals surface area contributed by atoms with E-state index >= 15 is 0 Å². The molecule has 0 spiro atoms. The van der Waals surface area contributed by atoms with Crippen LogP contribution in [0.3, 0.4) is 0 Å². The average Bonchev–Trinajstić information content (AvgIpc) is 1.48. The van der Waals surface area contributed by atoms with Gasteiger partial charge in [-0.15, -0.1) is 15.3 Å². The molecule has 6 saturated carbocycles. The molecule has 0 unspecified atom stereocenters. The van der Waals surface area contributed by atoms with E-state index in [0.717, 1.165) is 39.5 Å². The van der Waals surface area contributed by atoms with Gasteiger partial charge in [0.15, 0.2) is 66.4 Å². The van der Waals surface area contributed by atoms with E-state index in [0.29, 0.717) is 16.9 Å². The van der Waals surface area contributed by atoms with Crippen LogP contribution in [-0.4, -0.2) is 250 Å². The number of aromatic nitrogens is 15. The summed E-state index contributed by atoms with van der Waals surface area (Å²) in [5, 5.41) is 123. The lowest BCUT2D eigenvalue weighted by Gasteiger charge is -2.17. The number of nitrogens with zero attached hydrogens (tertiary/aromatic N) is 15. The van der Waals surface area contributed by atoms with Crippen molar-refractivity contribution in [2.24, 2.45) is 0 Å². The van der Waals surface area contributed by atoms with Crippen LogP contribution in [0.15, 0.2) is 69.9 Å². The zero-order valence-electron chi connectivity index (χ0n) is 105. The molecule has 12 N–H and O–H groups in total. The second kappa shape index (κ2) is 35.1. The molecule has 18 atom stereocenters. The SMILES string of the molecule is [2H]c1c([2H])c([C@@]2([2H])[C@H](Nc3nc(SC([2H])([2H])C([2H])([2H])C)nc4c3nnn4[C@]3([2H])C([2H])([2H])[C@]([2H])(OC([2H])([2H])C([2H])([2H])O)[C@@]([2H])(O)[C@@]3([2H])O)C2([2H])[2H])c([2H])c(F)c1C.[2H]c1c([2H])c([C@@]2([2H])[C@H](Nc3nc(SC([2H])([2H])C([2H])([2H])C)nc4c3nnn4[C@]3([2H])C([2H])([2H])[C@]([2H])(OC([2H])([2H])CO)[C@@]([2H])(O)[C@@]3([2H])O)C2([2H])[2H])c([2H])c(F)c1C.[2H]c1c([2H])c([C@]2([2H])C[C@@]2([2H])Nc2nc(SCCC)nc3c2nnn3[C@]2([2H])C([2H])([2H])[C@]([2H])(OCCO)[C@@]([2H])(O)[C@@]2([2H])O)c([2H])c(F)c1C. The summed E-state index contributed by atoms with van der Waals surface area (Å²) in [6.07, 6.45) is -60.2. The van der Waals surface area contributed by atoms with Gasteiger partial charge in [0.1, 0.15) is 53.9 Å². The standard InChI is InChI=1S/3C24H31FN6O4S/c3*1-3-8-36-24-27-22(26-16-10-14(16)13-5-4-12(2)15(25)9-13)19-23(28-24)31(30-29-19)17-11-18(35-7-6-32)21(34)20(17)33/h3*4-5,9,14,16-18,20-21,32-34H,3,6-8,10-11H2,1-2H3,(H,26,27,28)/t3*14-,16+,17+,18-,20-,21+/m000/s1/i3D2,4D,5D,6D2,7D2,8D2,9D,10D2,11D2,14D,17D,18D,20D,21D;3D2,4D,5D,7D2,8D2,9D,10D2,11D2,14D,17D,18D,20D,21D;4D,5D,9D,11D2,14D,16D,17D,18D,20D,21D. The van der Waals surface area contributed by atoms with Gasteiger partial charge in [-0.2, -0.15) is 0 Å². The number of hydrogen-bond acceptors (Lipinski definition) is 30. The lowest BCUT2D eigenvalue weighted by molar-refractivity contribution is -0.0629. The first-order chi connectivity index (χ1) is 70.4. The number of anilines is 3. The summed E-state index contributed by atoms with van der Waals surface area (Å²) < 4.78 is 469. The highest BCUT2D eigenvalue weighted by Gasteiger charge is 2.49. The number of fused-ring (bicyclic) bond motifs is 3. The van der Waals surface area contributed by atoms with Crippen LogP contribution in [0.25, 0.3) is 33.5 Å². The second-order valence-corrected chi connectivity index (χ2v) is 24.8. The van der Waals surface area contributed by atoms with Crippen molar-refractivity contribution in [2.45, 2.75) is 223 Å². The number of aliphatic hydroxyl groups is 9. The lowest BCUT2D eigenvalue weighted by Crippen LogP contribution is -2.33. The van der Waals surface area contributed by atoms with Crippen molar-refractivity contribution in [2.75, 3.05) is 72.6 Å². The summed E-state index contributed by atoms with van der Waals surface area (Å²) in [4.78, 5) is 24.5. The van der Waals surface area contributed by atoms with E-state index in [-0.39, 0.29) is 49.4 Å². The largest absolute Gasteiger partial charge is 0.394 e. The quantitative estimate of drug-likeness (QED) is 0.0168. The third kappa shape index (κ3) is 17.5. The molecule has 3 aromatic carbocycles. The summed E-state index contributed by atoms with van der Waals surface area (Å²) in [6, 6.07) is -25.0. The number of nitrogens with one attached hydrogen (secondary N) is 3. The highest BCUT2D eigenvalue weighted by molar-refractivity contribution is 7.99. The zero-order valence-corrected chi connectivity index (χ0v) is 58.7. The van der Waals surface area contributed by atoms with Gasteiger partial charge in [-0.25, -0.2) is 57.1 Å². The van der Waals surface area contributed by atoms with Gasteiger partial charge in [-0.1, -0.05) is 108 Å². The highest BCUT2D eigenvalue weighted by atomic mass is 32.2. The molecule has 0 amide bonds. The van der Waals surface area contributed by atoms with Crippen LogP contribution in [-0.2, 0) is 14.2 Å². The number of rotatable bonds is 30. The summed E-state index contributed by atoms with van der Waals surface area (Å²) in [5.74, 6) is -12.8. The van der Waals surface area contributed by atoms with Crippen molar-refractivity contribution in [3.05, 3.63) is 105 Å². The third-order valence-electron chi connectivity index (χ3n) is 15.0. The molecule has 6 aliphatic rings. The van der Waals surface area contributed by atoms with E-state index in [1.165, 1.54) is 6.92 Å². The summed E-state index contributed by atoms with van der Waals surface area (Å²) in [5.41, 5.74) is -13.8. The van der Waals surface area contributed by atoms with E-state index in [4.69, 9.17) is 71.9 Å². The Hall–Kier alpha value is -7.14. The minimum atomic E-state index is -4.50. The number of hydrogen-bond donors (Lipinski definition) is 12. The van der Waals surface area contributed by atoms with Crippen molar-refractivity contribution in [3.63, 3.8) is 0 Å². The highest BCUT2D eigenvalue weighted by Crippen LogP contribution is 2.48. The Labute approximate surface area is 702 Å². The maximum absolute atomic E-state index is 15.0. The Bertz CT molecular complexity index is 7190. The fraction of sp³-hybridized carbons (Fsp3) is 0.583. The Morgan fingerprint density at radius 1 is 0.509 bits per heavy atom. The molecule has 6 aliphatic carbocycles. The monoisotopic (exact) mass is 1600 g/mol. The van der Waals surface area contributed by atoms with Crippen LogP contribution in [0.4, 0.5) is 30.6 Å². The number of benzene rings is 3. The maximum Gasteiger partial charge on any atom is 0.191 e. The van der Waals surface area contributed by atoms with Crippen LogP contribution < -0.4 is 16.0 Å². The molecule has 6 fully saturated rings. The first-order valence-electron chi connectivity index (χ1n) is 55.8. The topological polar surface area (TPSA) is 415 Å². The van der Waals surface area contributed by atoms with Gasteiger partial charge in [0.2, 0.25) is 0 Å². The Morgan fingerprint density at radius 3 is 1.29 bits per heavy atom. The molecular formula is C72H93F3N18O12S3. The minimum Gasteiger partial charge on any atom is -0.394 e. The molecule has 0 aliphatic heterocycles. The number of halogens is 3. The van der Waals surface area contributed by atoms with Crippen LogP contribution in [0.5, 0.6) is 0 Å². The molecule has 9 aromatic rings. The van der Waals surface area contributed by atoms with Crippen molar-refractivity contribution >= 4 is 86.2 Å². The van der Waals surface area contributed by atoms with Crippen LogP contribution in [0.2, 0.25) is 0 Å². The zero-order chi connectivity index (χ0) is 120. The van der Waals surface area contributed by atoms with E-state index in [1.54, 1.807) is 0 Å². The van der Waals surface area contributed by atoms with Crippen LogP contribution >= 0.6 is 35.3 Å². The summed E-state index contributed by atoms with van der Waals surface area (Å²) in [6.45, 7) is -8.01. The number of aliphatic hydroxyl groups excluding tert-OH is 2. The van der Waals surface area contributed by atoms with Gasteiger partial charge in [-0.3, -0.25) is 0 Å². The molecule has 0 bridgehead atoms. The Kier molecular flexibility index (Phi) is 12.5. The predicted octanol–water partition coefficient (Wildman–Crippen LogP) is 6.55. The minimum absolute atomic E-state index is 0.0380. The molecule has 0 radical (unpaired) electrons. The predicted molar refractivity (Wildman–Crippen MR) is 398 cm³/mol. The normalized spacial score (nSPS) is 48.4. The van der Waals surface area contributed by atoms with E-state index in [9.17, 15) is 59.1 Å². The van der Waals surface area contributed by atoms with Gasteiger partial charge in [-0.05, 0) is 111 Å². The average molecular weight is 1610 g/mol. The van der Waals surface area contributed by atoms with E-state index in [1.807, 2.05) is 6.92 Å². The summed E-state index contributed by atoms with van der Waals surface area (Å²) >= 11 is 0.935. The molecule has 15 rings (SSSR count). The Morgan fingerprint density at radius 2 is 0.898 bits per heavy atom. The number of thioether (sulfide) groups is 3. The molecule has 582 valence electrons. The van der Waals surface area contributed by atoms with Crippen LogP contribution in [0.1, 0.15) is 215 Å². The lowest BCUT2D eigenvalue weighted by atomic mass is 10.1. The van der Waals surface area contributed by atoms with Crippen molar-refractivity contribution in [3.8, 4) is 0 Å².